The van der Waals surface area contributed by atoms with Crippen molar-refractivity contribution in [1.82, 2.24) is 14.5 Å². The molecule has 0 saturated heterocycles. The average Bonchev–Trinajstić information content (AvgIpc) is 2.69. The smallest absolute Gasteiger partial charge is 0.280 e. The molecule has 0 aromatic carbocycles. The molecular formula is C9H9FN4O2S. The Morgan fingerprint density at radius 2 is 2.12 bits per heavy atom. The van der Waals surface area contributed by atoms with Crippen molar-refractivity contribution in [3.8, 4) is 0 Å². The summed E-state index contributed by atoms with van der Waals surface area (Å²) in [5.41, 5.74) is 0.178. The zero-order chi connectivity index (χ0) is 12.5. The average molecular weight is 256 g/mol. The van der Waals surface area contributed by atoms with Gasteiger partial charge in [-0.25, -0.2) is 9.97 Å². The van der Waals surface area contributed by atoms with Crippen LogP contribution in [-0.4, -0.2) is 23.0 Å². The summed E-state index contributed by atoms with van der Waals surface area (Å²) in [5.74, 6) is -0.675. The van der Waals surface area contributed by atoms with Gasteiger partial charge in [0.2, 0.25) is 5.95 Å². The van der Waals surface area contributed by atoms with Gasteiger partial charge in [0.25, 0.3) is 10.0 Å². The predicted molar refractivity (Wildman–Crippen MR) is 58.2 cm³/mol. The molecule has 1 N–H and O–H groups in total. The molecule has 17 heavy (non-hydrogen) atoms. The highest BCUT2D eigenvalue weighted by molar-refractivity contribution is 7.92. The normalized spacial score (nSPS) is 11.4. The zero-order valence-electron chi connectivity index (χ0n) is 8.83. The van der Waals surface area contributed by atoms with Crippen LogP contribution in [0.15, 0.2) is 35.9 Å². The van der Waals surface area contributed by atoms with Crippen LogP contribution in [0.1, 0.15) is 0 Å². The number of nitrogens with zero attached hydrogens (tertiary/aromatic N) is 3. The molecule has 0 aliphatic carbocycles. The molecule has 0 bridgehead atoms. The quantitative estimate of drug-likeness (QED) is 0.822. The van der Waals surface area contributed by atoms with E-state index in [0.29, 0.717) is 0 Å². The second-order valence-corrected chi connectivity index (χ2v) is 4.98. The fourth-order valence-electron chi connectivity index (χ4n) is 1.17. The Labute approximate surface area is 97.2 Å². The van der Waals surface area contributed by atoms with Gasteiger partial charge >= 0.3 is 0 Å². The molecule has 0 aliphatic rings. The minimum Gasteiger partial charge on any atom is -0.339 e. The van der Waals surface area contributed by atoms with Crippen LogP contribution in [0.4, 0.5) is 10.1 Å². The number of aryl methyl sites for hydroxylation is 1. The number of halogens is 1. The molecule has 0 atom stereocenters. The Morgan fingerprint density at radius 3 is 2.65 bits per heavy atom. The predicted octanol–water partition coefficient (Wildman–Crippen LogP) is 0.755. The van der Waals surface area contributed by atoms with Crippen LogP contribution in [0.3, 0.4) is 0 Å². The van der Waals surface area contributed by atoms with Crippen molar-refractivity contribution in [2.45, 2.75) is 5.03 Å². The molecule has 2 aromatic rings. The third kappa shape index (κ3) is 2.59. The van der Waals surface area contributed by atoms with E-state index < -0.39 is 16.0 Å². The number of aromatic nitrogens is 3. The third-order valence-electron chi connectivity index (χ3n) is 1.94. The highest BCUT2D eigenvalue weighted by atomic mass is 32.2. The fourth-order valence-corrected chi connectivity index (χ4v) is 2.20. The van der Waals surface area contributed by atoms with Crippen LogP contribution in [-0.2, 0) is 17.1 Å². The first kappa shape index (κ1) is 11.5. The molecule has 2 heterocycles. The van der Waals surface area contributed by atoms with Crippen LogP contribution in [0, 0.1) is 5.95 Å². The Bertz CT molecular complexity index is 621. The maximum atomic E-state index is 12.5. The van der Waals surface area contributed by atoms with Crippen molar-refractivity contribution in [2.24, 2.45) is 7.05 Å². The first-order valence-electron chi connectivity index (χ1n) is 4.60. The van der Waals surface area contributed by atoms with Gasteiger partial charge in [0.05, 0.1) is 18.2 Å². The molecule has 0 unspecified atom stereocenters. The number of pyridine rings is 1. The summed E-state index contributed by atoms with van der Waals surface area (Å²) in [6, 6.07) is 2.35. The summed E-state index contributed by atoms with van der Waals surface area (Å²) in [6.45, 7) is 0. The van der Waals surface area contributed by atoms with Gasteiger partial charge in [-0.1, -0.05) is 0 Å². The van der Waals surface area contributed by atoms with Gasteiger partial charge in [-0.05, 0) is 12.1 Å². The lowest BCUT2D eigenvalue weighted by atomic mass is 10.4. The minimum absolute atomic E-state index is 0.107. The van der Waals surface area contributed by atoms with Crippen molar-refractivity contribution in [3.05, 3.63) is 36.8 Å². The molecule has 90 valence electrons. The maximum Gasteiger partial charge on any atom is 0.280 e. The molecule has 0 aliphatic heterocycles. The number of nitrogens with one attached hydrogen (secondary N) is 1. The molecule has 6 nitrogen and oxygen atoms in total. The zero-order valence-corrected chi connectivity index (χ0v) is 9.65. The number of imidazole rings is 1. The summed E-state index contributed by atoms with van der Waals surface area (Å²) in [5, 5.41) is -0.107. The van der Waals surface area contributed by atoms with Gasteiger partial charge < -0.3 is 4.57 Å². The standard InChI is InChI=1S/C9H9FN4O2S/c1-14-5-9(12-6-14)17(15,16)13-7-2-3-8(10)11-4-7/h2-6,13H,1H3. The van der Waals surface area contributed by atoms with E-state index >= 15 is 0 Å². The highest BCUT2D eigenvalue weighted by Gasteiger charge is 2.17. The summed E-state index contributed by atoms with van der Waals surface area (Å²) in [7, 11) is -2.09. The number of anilines is 1. The summed E-state index contributed by atoms with van der Waals surface area (Å²) in [6.07, 6.45) is 3.83. The maximum absolute atomic E-state index is 12.5. The number of hydrogen-bond donors (Lipinski definition) is 1. The van der Waals surface area contributed by atoms with E-state index in [-0.39, 0.29) is 10.7 Å². The van der Waals surface area contributed by atoms with Gasteiger partial charge in [0.15, 0.2) is 5.03 Å². The van der Waals surface area contributed by atoms with Gasteiger partial charge in [-0.15, -0.1) is 0 Å². The van der Waals surface area contributed by atoms with Crippen molar-refractivity contribution >= 4 is 15.7 Å². The van der Waals surface area contributed by atoms with Gasteiger partial charge in [0, 0.05) is 13.2 Å². The van der Waals surface area contributed by atoms with E-state index in [1.165, 1.54) is 23.2 Å². The molecule has 2 rings (SSSR count). The topological polar surface area (TPSA) is 76.9 Å². The van der Waals surface area contributed by atoms with Crippen LogP contribution < -0.4 is 4.72 Å². The summed E-state index contributed by atoms with van der Waals surface area (Å²) >= 11 is 0. The second kappa shape index (κ2) is 4.13. The molecule has 2 aromatic heterocycles. The molecule has 8 heteroatoms. The van der Waals surface area contributed by atoms with Gasteiger partial charge in [-0.3, -0.25) is 4.72 Å². The number of rotatable bonds is 3. The SMILES string of the molecule is Cn1cnc(S(=O)(=O)Nc2ccc(F)nc2)c1. The van der Waals surface area contributed by atoms with E-state index in [1.54, 1.807) is 7.05 Å². The van der Waals surface area contributed by atoms with E-state index in [9.17, 15) is 12.8 Å². The molecule has 0 amide bonds. The first-order chi connectivity index (χ1) is 7.97. The van der Waals surface area contributed by atoms with Crippen LogP contribution in [0.2, 0.25) is 0 Å². The number of hydrogen-bond acceptors (Lipinski definition) is 4. The Kier molecular flexibility index (Phi) is 2.80. The lowest BCUT2D eigenvalue weighted by Gasteiger charge is -2.04. The monoisotopic (exact) mass is 256 g/mol. The largest absolute Gasteiger partial charge is 0.339 e. The second-order valence-electron chi connectivity index (χ2n) is 3.35. The molecule has 0 saturated carbocycles. The molecular weight excluding hydrogens is 247 g/mol. The Balaban J connectivity index is 2.26. The van der Waals surface area contributed by atoms with Crippen molar-refractivity contribution in [3.63, 3.8) is 0 Å². The van der Waals surface area contributed by atoms with Crippen molar-refractivity contribution < 1.29 is 12.8 Å². The van der Waals surface area contributed by atoms with Crippen LogP contribution in [0.5, 0.6) is 0 Å². The Hall–Kier alpha value is -1.96. The molecule has 0 spiro atoms. The minimum atomic E-state index is -3.75. The highest BCUT2D eigenvalue weighted by Crippen LogP contribution is 2.13. The van der Waals surface area contributed by atoms with E-state index in [2.05, 4.69) is 14.7 Å². The Morgan fingerprint density at radius 1 is 1.35 bits per heavy atom. The first-order valence-corrected chi connectivity index (χ1v) is 6.08. The van der Waals surface area contributed by atoms with E-state index in [1.807, 2.05) is 0 Å². The van der Waals surface area contributed by atoms with Crippen molar-refractivity contribution in [2.75, 3.05) is 4.72 Å². The lowest BCUT2D eigenvalue weighted by Crippen LogP contribution is -2.13. The molecule has 0 radical (unpaired) electrons. The summed E-state index contributed by atoms with van der Waals surface area (Å²) < 4.78 is 39.9. The number of sulfonamides is 1. The molecule has 0 fully saturated rings. The lowest BCUT2D eigenvalue weighted by molar-refractivity contribution is 0.583. The fraction of sp³-hybridized carbons (Fsp3) is 0.111. The summed E-state index contributed by atoms with van der Waals surface area (Å²) in [4.78, 5) is 7.06. The third-order valence-corrected chi connectivity index (χ3v) is 3.20. The van der Waals surface area contributed by atoms with Gasteiger partial charge in [0.1, 0.15) is 0 Å². The van der Waals surface area contributed by atoms with E-state index in [4.69, 9.17) is 0 Å². The van der Waals surface area contributed by atoms with Crippen molar-refractivity contribution in [1.29, 1.82) is 0 Å². The van der Waals surface area contributed by atoms with Crippen LogP contribution >= 0.6 is 0 Å². The van der Waals surface area contributed by atoms with E-state index in [0.717, 1.165) is 12.3 Å². The van der Waals surface area contributed by atoms with Crippen LogP contribution in [0.25, 0.3) is 0 Å². The van der Waals surface area contributed by atoms with Gasteiger partial charge in [-0.2, -0.15) is 12.8 Å².